The maximum absolute atomic E-state index is 14.2. The first-order valence-electron chi connectivity index (χ1n) is 7.88. The van der Waals surface area contributed by atoms with Gasteiger partial charge in [-0.2, -0.15) is 0 Å². The highest BCUT2D eigenvalue weighted by Gasteiger charge is 2.42. The average molecular weight is 353 g/mol. The molecule has 1 aliphatic heterocycles. The van der Waals surface area contributed by atoms with Gasteiger partial charge in [0.2, 0.25) is 5.60 Å². The van der Waals surface area contributed by atoms with Gasteiger partial charge in [0, 0.05) is 31.1 Å². The third-order valence-corrected chi connectivity index (χ3v) is 4.17. The van der Waals surface area contributed by atoms with E-state index in [2.05, 4.69) is 16.8 Å². The van der Waals surface area contributed by atoms with E-state index in [1.165, 1.54) is 29.2 Å². The number of aliphatic hydroxyl groups is 1. The number of likely N-dealkylation sites (N-methyl/N-ethyl adjacent to an activating group) is 1. The van der Waals surface area contributed by atoms with Crippen molar-refractivity contribution in [3.8, 4) is 23.1 Å². The molecule has 0 spiro atoms. The first-order chi connectivity index (χ1) is 12.3. The van der Waals surface area contributed by atoms with Gasteiger partial charge < -0.3 is 15.7 Å². The van der Waals surface area contributed by atoms with Gasteiger partial charge in [-0.15, -0.1) is 0 Å². The predicted molar refractivity (Wildman–Crippen MR) is 92.2 cm³/mol. The Morgan fingerprint density at radius 2 is 2.15 bits per heavy atom. The largest absolute Gasteiger partial charge is 0.369 e. The Balaban J connectivity index is 1.97. The highest BCUT2D eigenvalue weighted by atomic mass is 19.1. The molecule has 3 rings (SSSR count). The highest BCUT2D eigenvalue weighted by molar-refractivity contribution is 5.91. The van der Waals surface area contributed by atoms with Gasteiger partial charge in [-0.1, -0.05) is 17.9 Å². The number of primary amides is 1. The first-order valence-corrected chi connectivity index (χ1v) is 7.88. The van der Waals surface area contributed by atoms with Gasteiger partial charge in [0.25, 0.3) is 11.8 Å². The summed E-state index contributed by atoms with van der Waals surface area (Å²) in [6.45, 7) is 0.419. The van der Waals surface area contributed by atoms with Crippen LogP contribution in [0.4, 0.5) is 4.39 Å². The van der Waals surface area contributed by atoms with Crippen molar-refractivity contribution in [2.24, 2.45) is 5.73 Å². The van der Waals surface area contributed by atoms with Crippen LogP contribution in [0.5, 0.6) is 0 Å². The molecule has 26 heavy (non-hydrogen) atoms. The molecule has 0 aliphatic carbocycles. The maximum Gasteiger partial charge on any atom is 0.267 e. The molecule has 2 heterocycles. The topological polar surface area (TPSA) is 96.5 Å². The molecule has 6 nitrogen and oxygen atoms in total. The zero-order valence-corrected chi connectivity index (χ0v) is 14.0. The average Bonchev–Trinajstić information content (AvgIpc) is 2.89. The van der Waals surface area contributed by atoms with Crippen LogP contribution < -0.4 is 5.73 Å². The van der Waals surface area contributed by atoms with Crippen LogP contribution in [0.15, 0.2) is 36.4 Å². The molecule has 1 aromatic carbocycles. The SMILES string of the molecule is CN1CC[C@@](O)(C#Cc2ccc(F)c(-c3cccc(C(N)=O)n3)c2)C1=O. The van der Waals surface area contributed by atoms with E-state index >= 15 is 0 Å². The third-order valence-electron chi connectivity index (χ3n) is 4.17. The van der Waals surface area contributed by atoms with E-state index in [1.54, 1.807) is 19.2 Å². The molecule has 0 radical (unpaired) electrons. The standard InChI is InChI=1S/C19H16FN3O3/c1-23-10-9-19(26,18(23)25)8-7-12-5-6-14(20)13(11-12)15-3-2-4-16(22-15)17(21)24/h2-6,11,26H,9-10H2,1H3,(H2,21,24)/t19-/m0/s1. The van der Waals surface area contributed by atoms with E-state index in [4.69, 9.17) is 5.73 Å². The molecule has 0 unspecified atom stereocenters. The Morgan fingerprint density at radius 3 is 2.81 bits per heavy atom. The minimum Gasteiger partial charge on any atom is -0.369 e. The zero-order valence-electron chi connectivity index (χ0n) is 14.0. The monoisotopic (exact) mass is 353 g/mol. The van der Waals surface area contributed by atoms with Crippen LogP contribution in [0.1, 0.15) is 22.5 Å². The highest BCUT2D eigenvalue weighted by Crippen LogP contribution is 2.24. The molecule has 7 heteroatoms. The fourth-order valence-electron chi connectivity index (χ4n) is 2.67. The van der Waals surface area contributed by atoms with Crippen molar-refractivity contribution in [2.75, 3.05) is 13.6 Å². The Labute approximate surface area is 149 Å². The van der Waals surface area contributed by atoms with E-state index in [0.717, 1.165) is 0 Å². The van der Waals surface area contributed by atoms with Crippen molar-refractivity contribution in [1.29, 1.82) is 0 Å². The van der Waals surface area contributed by atoms with E-state index in [0.29, 0.717) is 12.1 Å². The molecule has 2 amide bonds. The van der Waals surface area contributed by atoms with E-state index in [1.807, 2.05) is 0 Å². The van der Waals surface area contributed by atoms with Crippen LogP contribution in [-0.4, -0.2) is 46.0 Å². The summed E-state index contributed by atoms with van der Waals surface area (Å²) in [6.07, 6.45) is 0.214. The van der Waals surface area contributed by atoms with Crippen LogP contribution in [-0.2, 0) is 4.79 Å². The molecule has 1 atom stereocenters. The van der Waals surface area contributed by atoms with Crippen molar-refractivity contribution >= 4 is 11.8 Å². The number of carbonyl (C=O) groups is 2. The number of rotatable bonds is 2. The molecular formula is C19H16FN3O3. The van der Waals surface area contributed by atoms with Gasteiger partial charge in [0.05, 0.1) is 5.69 Å². The summed E-state index contributed by atoms with van der Waals surface area (Å²) in [5.74, 6) is 3.59. The van der Waals surface area contributed by atoms with E-state index in [-0.39, 0.29) is 23.4 Å². The lowest BCUT2D eigenvalue weighted by atomic mass is 10.0. The number of hydrogen-bond donors (Lipinski definition) is 2. The summed E-state index contributed by atoms with van der Waals surface area (Å²) < 4.78 is 14.2. The van der Waals surface area contributed by atoms with Crippen LogP contribution in [0.2, 0.25) is 0 Å². The number of pyridine rings is 1. The van der Waals surface area contributed by atoms with Gasteiger partial charge in [-0.05, 0) is 30.3 Å². The molecule has 1 aliphatic rings. The second kappa shape index (κ2) is 6.58. The Bertz CT molecular complexity index is 964. The summed E-state index contributed by atoms with van der Waals surface area (Å²) in [4.78, 5) is 28.7. The molecule has 2 aromatic rings. The van der Waals surface area contributed by atoms with Crippen LogP contribution >= 0.6 is 0 Å². The lowest BCUT2D eigenvalue weighted by Gasteiger charge is -2.13. The van der Waals surface area contributed by atoms with Crippen molar-refractivity contribution in [3.63, 3.8) is 0 Å². The van der Waals surface area contributed by atoms with Crippen LogP contribution in [0, 0.1) is 17.7 Å². The molecule has 1 aromatic heterocycles. The fourth-order valence-corrected chi connectivity index (χ4v) is 2.67. The summed E-state index contributed by atoms with van der Waals surface area (Å²) in [5, 5.41) is 10.3. The lowest BCUT2D eigenvalue weighted by Crippen LogP contribution is -2.37. The quantitative estimate of drug-likeness (QED) is 0.785. The van der Waals surface area contributed by atoms with Crippen molar-refractivity contribution in [2.45, 2.75) is 12.0 Å². The van der Waals surface area contributed by atoms with Crippen LogP contribution in [0.3, 0.4) is 0 Å². The second-order valence-corrected chi connectivity index (χ2v) is 6.05. The number of likely N-dealkylation sites (tertiary alicyclic amines) is 1. The number of nitrogens with zero attached hydrogens (tertiary/aromatic N) is 2. The normalized spacial score (nSPS) is 19.2. The predicted octanol–water partition coefficient (Wildman–Crippen LogP) is 0.931. The Morgan fingerprint density at radius 1 is 1.38 bits per heavy atom. The maximum atomic E-state index is 14.2. The molecule has 132 valence electrons. The molecule has 0 bridgehead atoms. The van der Waals surface area contributed by atoms with Crippen molar-refractivity contribution in [3.05, 3.63) is 53.5 Å². The van der Waals surface area contributed by atoms with Crippen LogP contribution in [0.25, 0.3) is 11.3 Å². The lowest BCUT2D eigenvalue weighted by molar-refractivity contribution is -0.137. The summed E-state index contributed by atoms with van der Waals surface area (Å²) >= 11 is 0. The van der Waals surface area contributed by atoms with Crippen molar-refractivity contribution in [1.82, 2.24) is 9.88 Å². The Hall–Kier alpha value is -3.24. The van der Waals surface area contributed by atoms with Gasteiger partial charge in [-0.3, -0.25) is 9.59 Å². The number of amides is 2. The summed E-state index contributed by atoms with van der Waals surface area (Å²) in [5.41, 5.74) is 4.28. The minimum atomic E-state index is -1.73. The molecule has 0 saturated carbocycles. The molecule has 1 saturated heterocycles. The second-order valence-electron chi connectivity index (χ2n) is 6.05. The zero-order chi connectivity index (χ0) is 18.9. The van der Waals surface area contributed by atoms with Gasteiger partial charge in [-0.25, -0.2) is 9.37 Å². The number of aromatic nitrogens is 1. The number of halogens is 1. The number of benzene rings is 1. The summed E-state index contributed by atoms with van der Waals surface area (Å²) in [6, 6.07) is 8.63. The molecule has 1 fully saturated rings. The first kappa shape index (κ1) is 17.6. The summed E-state index contributed by atoms with van der Waals surface area (Å²) in [7, 11) is 1.59. The van der Waals surface area contributed by atoms with Gasteiger partial charge >= 0.3 is 0 Å². The van der Waals surface area contributed by atoms with Gasteiger partial charge in [0.15, 0.2) is 0 Å². The van der Waals surface area contributed by atoms with E-state index < -0.39 is 23.2 Å². The minimum absolute atomic E-state index is 0.0206. The number of hydrogen-bond acceptors (Lipinski definition) is 4. The van der Waals surface area contributed by atoms with E-state index in [9.17, 15) is 19.1 Å². The van der Waals surface area contributed by atoms with Gasteiger partial charge in [0.1, 0.15) is 11.5 Å². The number of carbonyl (C=O) groups excluding carboxylic acids is 2. The fraction of sp³-hybridized carbons (Fsp3) is 0.211. The third kappa shape index (κ3) is 3.27. The smallest absolute Gasteiger partial charge is 0.267 e. The van der Waals surface area contributed by atoms with Crippen molar-refractivity contribution < 1.29 is 19.1 Å². The molecule has 3 N–H and O–H groups in total. The Kier molecular flexibility index (Phi) is 4.45. The number of nitrogens with two attached hydrogens (primary N) is 1. The molecular weight excluding hydrogens is 337 g/mol.